The van der Waals surface area contributed by atoms with Gasteiger partial charge < -0.3 is 5.32 Å². The molecule has 0 aliphatic heterocycles. The van der Waals surface area contributed by atoms with E-state index in [1.165, 1.54) is 4.57 Å². The Labute approximate surface area is 140 Å². The summed E-state index contributed by atoms with van der Waals surface area (Å²) in [5, 5.41) is 3.15. The predicted octanol–water partition coefficient (Wildman–Crippen LogP) is 1.67. The summed E-state index contributed by atoms with van der Waals surface area (Å²) < 4.78 is 4.10. The Bertz CT molecular complexity index is 986. The summed E-state index contributed by atoms with van der Waals surface area (Å²) in [5.74, 6) is 0.564. The molecule has 1 aromatic carbocycles. The number of H-pyrrole nitrogens is 1. The zero-order valence-corrected chi connectivity index (χ0v) is 14.3. The van der Waals surface area contributed by atoms with Gasteiger partial charge in [0.15, 0.2) is 11.2 Å². The second kappa shape index (κ2) is 6.04. The number of aromatic nitrogens is 4. The van der Waals surface area contributed by atoms with Crippen LogP contribution in [0.15, 0.2) is 38.3 Å². The molecule has 0 atom stereocenters. The number of halogens is 1. The first-order valence-electron chi connectivity index (χ1n) is 7.19. The van der Waals surface area contributed by atoms with Crippen molar-refractivity contribution in [3.8, 4) is 0 Å². The zero-order valence-electron chi connectivity index (χ0n) is 12.8. The highest BCUT2D eigenvalue weighted by molar-refractivity contribution is 9.10. The Hall–Kier alpha value is -2.35. The van der Waals surface area contributed by atoms with E-state index >= 15 is 0 Å². The van der Waals surface area contributed by atoms with Crippen LogP contribution in [0.25, 0.3) is 11.2 Å². The molecular formula is C15H16BrN5O2. The first-order valence-corrected chi connectivity index (χ1v) is 7.98. The summed E-state index contributed by atoms with van der Waals surface area (Å²) in [4.78, 5) is 30.8. The topological polar surface area (TPSA) is 84.7 Å². The van der Waals surface area contributed by atoms with E-state index in [9.17, 15) is 9.59 Å². The van der Waals surface area contributed by atoms with Gasteiger partial charge in [0.1, 0.15) is 0 Å². The average molecular weight is 378 g/mol. The van der Waals surface area contributed by atoms with Crippen molar-refractivity contribution < 1.29 is 0 Å². The Morgan fingerprint density at radius 1 is 1.35 bits per heavy atom. The van der Waals surface area contributed by atoms with E-state index in [1.807, 2.05) is 31.2 Å². The number of nitrogens with one attached hydrogen (secondary N) is 2. The highest BCUT2D eigenvalue weighted by Crippen LogP contribution is 2.19. The largest absolute Gasteiger partial charge is 0.356 e. The number of hydrogen-bond donors (Lipinski definition) is 2. The third-order valence-electron chi connectivity index (χ3n) is 3.57. The molecule has 0 unspecified atom stereocenters. The van der Waals surface area contributed by atoms with Crippen molar-refractivity contribution in [3.63, 3.8) is 0 Å². The van der Waals surface area contributed by atoms with Crippen LogP contribution in [0.2, 0.25) is 0 Å². The Morgan fingerprint density at radius 3 is 2.83 bits per heavy atom. The van der Waals surface area contributed by atoms with E-state index in [4.69, 9.17) is 0 Å². The van der Waals surface area contributed by atoms with Gasteiger partial charge >= 0.3 is 5.69 Å². The maximum atomic E-state index is 12.3. The summed E-state index contributed by atoms with van der Waals surface area (Å²) in [6, 6.07) is 7.84. The molecule has 0 spiro atoms. The summed E-state index contributed by atoms with van der Waals surface area (Å²) in [7, 11) is 1.59. The SMILES string of the molecule is CCNc1nc2c(c(=O)[nH]c(=O)n2C)n1Cc1cccc(Br)c1. The number of imidazole rings is 1. The third-order valence-corrected chi connectivity index (χ3v) is 4.06. The third kappa shape index (κ3) is 2.81. The van der Waals surface area contributed by atoms with Crippen molar-refractivity contribution in [3.05, 3.63) is 55.1 Å². The molecule has 3 aromatic rings. The van der Waals surface area contributed by atoms with Gasteiger partial charge in [0.05, 0.1) is 6.54 Å². The van der Waals surface area contributed by atoms with E-state index in [1.54, 1.807) is 11.6 Å². The molecule has 0 saturated carbocycles. The number of aryl methyl sites for hydroxylation is 1. The molecule has 0 radical (unpaired) electrons. The first-order chi connectivity index (χ1) is 11.0. The molecule has 0 aliphatic carbocycles. The zero-order chi connectivity index (χ0) is 16.6. The molecule has 0 fully saturated rings. The lowest BCUT2D eigenvalue weighted by molar-refractivity contribution is 0.807. The van der Waals surface area contributed by atoms with Crippen molar-refractivity contribution >= 4 is 33.0 Å². The Kier molecular flexibility index (Phi) is 4.08. The second-order valence-corrected chi connectivity index (χ2v) is 6.09. The number of anilines is 1. The molecule has 3 rings (SSSR count). The molecule has 120 valence electrons. The normalized spacial score (nSPS) is 11.1. The highest BCUT2D eigenvalue weighted by Gasteiger charge is 2.17. The fourth-order valence-corrected chi connectivity index (χ4v) is 2.95. The van der Waals surface area contributed by atoms with Crippen LogP contribution in [-0.4, -0.2) is 25.6 Å². The fourth-order valence-electron chi connectivity index (χ4n) is 2.50. The summed E-state index contributed by atoms with van der Waals surface area (Å²) in [6.45, 7) is 3.08. The Morgan fingerprint density at radius 2 is 2.13 bits per heavy atom. The maximum Gasteiger partial charge on any atom is 0.329 e. The minimum absolute atomic E-state index is 0.365. The van der Waals surface area contributed by atoms with Crippen molar-refractivity contribution in [2.24, 2.45) is 7.05 Å². The summed E-state index contributed by atoms with van der Waals surface area (Å²) in [6.07, 6.45) is 0. The van der Waals surface area contributed by atoms with Crippen molar-refractivity contribution in [1.29, 1.82) is 0 Å². The molecule has 0 saturated heterocycles. The predicted molar refractivity (Wildman–Crippen MR) is 93.0 cm³/mol. The van der Waals surface area contributed by atoms with Gasteiger partial charge in [-0.25, -0.2) is 4.79 Å². The average Bonchev–Trinajstić information content (AvgIpc) is 2.85. The van der Waals surface area contributed by atoms with Crippen LogP contribution in [0, 0.1) is 0 Å². The number of benzene rings is 1. The Balaban J connectivity index is 2.25. The fraction of sp³-hybridized carbons (Fsp3) is 0.267. The van der Waals surface area contributed by atoms with Gasteiger partial charge in [0, 0.05) is 18.1 Å². The minimum Gasteiger partial charge on any atom is -0.356 e. The van der Waals surface area contributed by atoms with E-state index in [-0.39, 0.29) is 0 Å². The van der Waals surface area contributed by atoms with Gasteiger partial charge in [-0.15, -0.1) is 0 Å². The molecular weight excluding hydrogens is 362 g/mol. The number of hydrogen-bond acceptors (Lipinski definition) is 4. The number of fused-ring (bicyclic) bond motifs is 1. The molecule has 0 bridgehead atoms. The lowest BCUT2D eigenvalue weighted by Gasteiger charge is -2.09. The molecule has 0 aliphatic rings. The smallest absolute Gasteiger partial charge is 0.329 e. The van der Waals surface area contributed by atoms with Crippen molar-refractivity contribution in [2.75, 3.05) is 11.9 Å². The summed E-state index contributed by atoms with van der Waals surface area (Å²) in [5.41, 5.74) is 0.853. The van der Waals surface area contributed by atoms with Gasteiger partial charge in [-0.05, 0) is 24.6 Å². The van der Waals surface area contributed by atoms with Crippen LogP contribution >= 0.6 is 15.9 Å². The van der Waals surface area contributed by atoms with Gasteiger partial charge in [0.25, 0.3) is 5.56 Å². The van der Waals surface area contributed by atoms with Gasteiger partial charge in [0.2, 0.25) is 5.95 Å². The highest BCUT2D eigenvalue weighted by atomic mass is 79.9. The molecule has 23 heavy (non-hydrogen) atoms. The van der Waals surface area contributed by atoms with Gasteiger partial charge in [-0.1, -0.05) is 28.1 Å². The van der Waals surface area contributed by atoms with E-state index in [0.717, 1.165) is 10.0 Å². The van der Waals surface area contributed by atoms with Crippen molar-refractivity contribution in [2.45, 2.75) is 13.5 Å². The minimum atomic E-state index is -0.474. The second-order valence-electron chi connectivity index (χ2n) is 5.17. The summed E-state index contributed by atoms with van der Waals surface area (Å²) >= 11 is 3.45. The van der Waals surface area contributed by atoms with Crippen LogP contribution < -0.4 is 16.6 Å². The van der Waals surface area contributed by atoms with E-state index < -0.39 is 11.2 Å². The van der Waals surface area contributed by atoms with Crippen LogP contribution in [0.3, 0.4) is 0 Å². The quantitative estimate of drug-likeness (QED) is 0.723. The molecule has 0 amide bonds. The van der Waals surface area contributed by atoms with E-state index in [2.05, 4.69) is 31.2 Å². The molecule has 8 heteroatoms. The van der Waals surface area contributed by atoms with Crippen molar-refractivity contribution in [1.82, 2.24) is 19.1 Å². The standard InChI is InChI=1S/C15H16BrN5O2/c1-3-17-14-18-12-11(13(22)19-15(23)20(12)2)21(14)8-9-5-4-6-10(16)7-9/h4-7H,3,8H2,1-2H3,(H,17,18)(H,19,22,23). The van der Waals surface area contributed by atoms with Crippen LogP contribution in [0.4, 0.5) is 5.95 Å². The van der Waals surface area contributed by atoms with Crippen LogP contribution in [0.5, 0.6) is 0 Å². The molecule has 2 aromatic heterocycles. The first kappa shape index (κ1) is 15.5. The number of nitrogens with zero attached hydrogens (tertiary/aromatic N) is 3. The monoisotopic (exact) mass is 377 g/mol. The van der Waals surface area contributed by atoms with Gasteiger partial charge in [-0.3, -0.25) is 18.9 Å². The van der Waals surface area contributed by atoms with E-state index in [0.29, 0.717) is 30.2 Å². The number of aromatic amines is 1. The number of rotatable bonds is 4. The molecule has 2 N–H and O–H groups in total. The molecule has 7 nitrogen and oxygen atoms in total. The van der Waals surface area contributed by atoms with Crippen LogP contribution in [-0.2, 0) is 13.6 Å². The lowest BCUT2D eigenvalue weighted by Crippen LogP contribution is -2.29. The van der Waals surface area contributed by atoms with Crippen LogP contribution in [0.1, 0.15) is 12.5 Å². The van der Waals surface area contributed by atoms with Gasteiger partial charge in [-0.2, -0.15) is 4.98 Å². The molecule has 2 heterocycles. The lowest BCUT2D eigenvalue weighted by atomic mass is 10.2. The maximum absolute atomic E-state index is 12.3.